The van der Waals surface area contributed by atoms with E-state index in [1.54, 1.807) is 6.92 Å². The van der Waals surface area contributed by atoms with Gasteiger partial charge in [-0.1, -0.05) is 43.3 Å². The monoisotopic (exact) mass is 402 g/mol. The van der Waals surface area contributed by atoms with Crippen molar-refractivity contribution in [1.82, 2.24) is 9.71 Å². The minimum atomic E-state index is -3.63. The largest absolute Gasteiger partial charge is 0.456 e. The minimum Gasteiger partial charge on any atom is -0.456 e. The molecule has 8 heteroatoms. The van der Waals surface area contributed by atoms with Gasteiger partial charge in [0.25, 0.3) is 0 Å². The summed E-state index contributed by atoms with van der Waals surface area (Å²) >= 11 is 1.47. The van der Waals surface area contributed by atoms with Gasteiger partial charge in [-0.05, 0) is 18.2 Å². The number of hydrogen-bond donors (Lipinski definition) is 1. The molecule has 0 amide bonds. The first-order valence-corrected chi connectivity index (χ1v) is 10.6. The molecule has 0 radical (unpaired) electrons. The number of nitrogens with one attached hydrogen (secondary N) is 1. The summed E-state index contributed by atoms with van der Waals surface area (Å²) in [6.07, 6.45) is 0. The molecule has 0 atom stereocenters. The summed E-state index contributed by atoms with van der Waals surface area (Å²) in [5.74, 6) is -0.599. The molecule has 0 bridgehead atoms. The lowest BCUT2D eigenvalue weighted by Gasteiger charge is -2.07. The molecule has 1 aromatic heterocycles. The van der Waals surface area contributed by atoms with E-state index in [2.05, 4.69) is 9.71 Å². The summed E-state index contributed by atoms with van der Waals surface area (Å²) in [7, 11) is -3.63. The van der Waals surface area contributed by atoms with Crippen LogP contribution in [0, 0.1) is 0 Å². The summed E-state index contributed by atoms with van der Waals surface area (Å²) in [4.78, 5) is 16.8. The molecule has 0 saturated carbocycles. The van der Waals surface area contributed by atoms with Gasteiger partial charge >= 0.3 is 5.97 Å². The van der Waals surface area contributed by atoms with Crippen molar-refractivity contribution in [3.05, 3.63) is 71.2 Å². The smallest absolute Gasteiger partial charge is 0.338 e. The molecule has 3 aromatic rings. The predicted molar refractivity (Wildman–Crippen MR) is 104 cm³/mol. The highest BCUT2D eigenvalue weighted by atomic mass is 32.2. The zero-order valence-corrected chi connectivity index (χ0v) is 16.2. The van der Waals surface area contributed by atoms with Crippen LogP contribution in [0.3, 0.4) is 0 Å². The van der Waals surface area contributed by atoms with Gasteiger partial charge in [0, 0.05) is 17.5 Å². The number of ether oxygens (including phenoxy) is 1. The first-order chi connectivity index (χ1) is 13.0. The van der Waals surface area contributed by atoms with E-state index in [1.807, 2.05) is 35.7 Å². The van der Waals surface area contributed by atoms with Gasteiger partial charge in [0.15, 0.2) is 0 Å². The van der Waals surface area contributed by atoms with Crippen molar-refractivity contribution in [2.45, 2.75) is 18.4 Å². The zero-order valence-electron chi connectivity index (χ0n) is 14.6. The fourth-order valence-electron chi connectivity index (χ4n) is 2.37. The van der Waals surface area contributed by atoms with E-state index in [0.29, 0.717) is 5.69 Å². The van der Waals surface area contributed by atoms with Crippen LogP contribution in [0.25, 0.3) is 10.6 Å². The maximum absolute atomic E-state index is 12.3. The van der Waals surface area contributed by atoms with Crippen LogP contribution in [0.5, 0.6) is 0 Å². The molecule has 0 fully saturated rings. The number of thiazole rings is 1. The number of esters is 1. The Morgan fingerprint density at radius 1 is 1.15 bits per heavy atom. The molecule has 2 aromatic carbocycles. The van der Waals surface area contributed by atoms with Crippen LogP contribution in [-0.2, 0) is 21.4 Å². The molecule has 0 saturated heterocycles. The Morgan fingerprint density at radius 2 is 1.93 bits per heavy atom. The van der Waals surface area contributed by atoms with Gasteiger partial charge in [0.05, 0.1) is 16.2 Å². The number of nitrogens with zero attached hydrogens (tertiary/aromatic N) is 1. The van der Waals surface area contributed by atoms with Gasteiger partial charge < -0.3 is 4.74 Å². The average Bonchev–Trinajstić information content (AvgIpc) is 3.16. The molecule has 140 valence electrons. The highest BCUT2D eigenvalue weighted by Crippen LogP contribution is 2.23. The molecule has 27 heavy (non-hydrogen) atoms. The van der Waals surface area contributed by atoms with E-state index in [0.717, 1.165) is 10.6 Å². The number of carbonyl (C=O) groups is 1. The summed E-state index contributed by atoms with van der Waals surface area (Å²) in [5, 5.41) is 2.68. The molecule has 1 heterocycles. The molecule has 0 spiro atoms. The van der Waals surface area contributed by atoms with Crippen LogP contribution in [0.4, 0.5) is 0 Å². The maximum Gasteiger partial charge on any atom is 0.338 e. The van der Waals surface area contributed by atoms with Gasteiger partial charge in [-0.2, -0.15) is 0 Å². The molecule has 3 rings (SSSR count). The van der Waals surface area contributed by atoms with Crippen LogP contribution < -0.4 is 4.72 Å². The van der Waals surface area contributed by atoms with Crippen molar-refractivity contribution >= 4 is 27.3 Å². The topological polar surface area (TPSA) is 85.4 Å². The Bertz CT molecular complexity index is 1030. The van der Waals surface area contributed by atoms with E-state index >= 15 is 0 Å². The molecule has 1 N–H and O–H groups in total. The first-order valence-electron chi connectivity index (χ1n) is 8.26. The second-order valence-electron chi connectivity index (χ2n) is 5.62. The molecule has 0 aliphatic carbocycles. The van der Waals surface area contributed by atoms with Crippen LogP contribution in [-0.4, -0.2) is 25.9 Å². The van der Waals surface area contributed by atoms with Gasteiger partial charge in [-0.3, -0.25) is 0 Å². The number of rotatable bonds is 7. The van der Waals surface area contributed by atoms with Crippen molar-refractivity contribution < 1.29 is 17.9 Å². The van der Waals surface area contributed by atoms with Crippen molar-refractivity contribution in [3.63, 3.8) is 0 Å². The Morgan fingerprint density at radius 3 is 2.67 bits per heavy atom. The quantitative estimate of drug-likeness (QED) is 0.612. The van der Waals surface area contributed by atoms with Crippen LogP contribution in [0.15, 0.2) is 64.9 Å². The molecule has 0 aliphatic rings. The van der Waals surface area contributed by atoms with Gasteiger partial charge in [0.1, 0.15) is 11.6 Å². The lowest BCUT2D eigenvalue weighted by atomic mass is 10.2. The third kappa shape index (κ3) is 4.79. The minimum absolute atomic E-state index is 0.0202. The Hall–Kier alpha value is -2.55. The Balaban J connectivity index is 1.67. The van der Waals surface area contributed by atoms with Gasteiger partial charge in [-0.15, -0.1) is 11.3 Å². The van der Waals surface area contributed by atoms with E-state index in [1.165, 1.54) is 35.6 Å². The van der Waals surface area contributed by atoms with Crippen LogP contribution in [0.2, 0.25) is 0 Å². The molecular formula is C19H18N2O4S2. The Kier molecular flexibility index (Phi) is 6.00. The van der Waals surface area contributed by atoms with E-state index in [4.69, 9.17) is 4.74 Å². The first kappa shape index (κ1) is 19.2. The second-order valence-corrected chi connectivity index (χ2v) is 8.24. The summed E-state index contributed by atoms with van der Waals surface area (Å²) in [6, 6.07) is 15.5. The maximum atomic E-state index is 12.3. The summed E-state index contributed by atoms with van der Waals surface area (Å²) in [5.41, 5.74) is 1.82. The number of sulfonamides is 1. The SMILES string of the molecule is CCNS(=O)(=O)c1cccc(C(=O)OCc2csc(-c3ccccc3)n2)c1. The fraction of sp³-hybridized carbons (Fsp3) is 0.158. The van der Waals surface area contributed by atoms with Gasteiger partial charge in [0.2, 0.25) is 10.0 Å². The van der Waals surface area contributed by atoms with E-state index in [9.17, 15) is 13.2 Å². The highest BCUT2D eigenvalue weighted by molar-refractivity contribution is 7.89. The van der Waals surface area contributed by atoms with Crippen molar-refractivity contribution in [2.75, 3.05) is 6.54 Å². The zero-order chi connectivity index (χ0) is 19.3. The number of hydrogen-bond acceptors (Lipinski definition) is 6. The van der Waals surface area contributed by atoms with Gasteiger partial charge in [-0.25, -0.2) is 22.9 Å². The summed E-state index contributed by atoms with van der Waals surface area (Å²) in [6.45, 7) is 1.98. The lowest BCUT2D eigenvalue weighted by molar-refractivity contribution is 0.0468. The Labute approximate surface area is 161 Å². The fourth-order valence-corrected chi connectivity index (χ4v) is 4.27. The molecule has 0 aliphatic heterocycles. The lowest BCUT2D eigenvalue weighted by Crippen LogP contribution is -2.23. The van der Waals surface area contributed by atoms with Crippen molar-refractivity contribution in [3.8, 4) is 10.6 Å². The highest BCUT2D eigenvalue weighted by Gasteiger charge is 2.16. The number of carbonyl (C=O) groups excluding carboxylic acids is 1. The number of aromatic nitrogens is 1. The normalized spacial score (nSPS) is 11.3. The standard InChI is InChI=1S/C19H18N2O4S2/c1-2-20-27(23,24)17-10-6-9-15(11-17)19(22)25-12-16-13-26-18(21-16)14-7-4-3-5-8-14/h3-11,13,20H,2,12H2,1H3. The van der Waals surface area contributed by atoms with Crippen molar-refractivity contribution in [1.29, 1.82) is 0 Å². The molecular weight excluding hydrogens is 384 g/mol. The predicted octanol–water partition coefficient (Wildman–Crippen LogP) is 3.47. The van der Waals surface area contributed by atoms with Crippen LogP contribution >= 0.6 is 11.3 Å². The van der Waals surface area contributed by atoms with Crippen molar-refractivity contribution in [2.24, 2.45) is 0 Å². The van der Waals surface area contributed by atoms with E-state index < -0.39 is 16.0 Å². The molecule has 6 nitrogen and oxygen atoms in total. The second kappa shape index (κ2) is 8.43. The summed E-state index contributed by atoms with van der Waals surface area (Å²) < 4.78 is 31.8. The van der Waals surface area contributed by atoms with Crippen LogP contribution in [0.1, 0.15) is 23.0 Å². The molecule has 0 unspecified atom stereocenters. The number of benzene rings is 2. The average molecular weight is 402 g/mol. The third-order valence-electron chi connectivity index (χ3n) is 3.64. The third-order valence-corrected chi connectivity index (χ3v) is 6.12. The van der Waals surface area contributed by atoms with E-state index in [-0.39, 0.29) is 23.6 Å².